The van der Waals surface area contributed by atoms with E-state index in [1.54, 1.807) is 12.1 Å². The van der Waals surface area contributed by atoms with Crippen LogP contribution in [-0.2, 0) is 25.7 Å². The Kier molecular flexibility index (Phi) is 6.55. The molecule has 0 bridgehead atoms. The number of allylic oxidation sites excluding steroid dienone is 2. The smallest absolute Gasteiger partial charge is 0.254 e. The highest BCUT2D eigenvalue weighted by molar-refractivity contribution is 9.09. The summed E-state index contributed by atoms with van der Waals surface area (Å²) in [6.07, 6.45) is 2.08. The third-order valence-electron chi connectivity index (χ3n) is 8.83. The highest BCUT2D eigenvalue weighted by Gasteiger charge is 2.76. The number of hydrogen-bond donors (Lipinski definition) is 1. The Bertz CT molecular complexity index is 1480. The van der Waals surface area contributed by atoms with Crippen molar-refractivity contribution in [2.45, 2.75) is 35.1 Å². The van der Waals surface area contributed by atoms with Crippen LogP contribution in [0, 0.1) is 17.8 Å². The van der Waals surface area contributed by atoms with Gasteiger partial charge in [0.1, 0.15) is 0 Å². The zero-order valence-corrected chi connectivity index (χ0v) is 24.4. The molecule has 1 N–H and O–H groups in total. The number of alkyl halides is 3. The zero-order chi connectivity index (χ0) is 28.6. The molecule has 2 heterocycles. The second-order valence-electron chi connectivity index (χ2n) is 10.7. The van der Waals surface area contributed by atoms with Gasteiger partial charge in [-0.05, 0) is 42.0 Å². The number of amides is 4. The lowest BCUT2D eigenvalue weighted by Gasteiger charge is -2.50. The first-order valence-electron chi connectivity index (χ1n) is 12.8. The Labute approximate surface area is 249 Å². The molecule has 0 aromatic heterocycles. The maximum absolute atomic E-state index is 13.9. The van der Waals surface area contributed by atoms with Gasteiger partial charge in [0.05, 0.1) is 30.9 Å². The van der Waals surface area contributed by atoms with E-state index in [0.717, 1.165) is 10.5 Å². The lowest BCUT2D eigenvalue weighted by Crippen LogP contribution is -2.60. The van der Waals surface area contributed by atoms with E-state index in [-0.39, 0.29) is 48.2 Å². The van der Waals surface area contributed by atoms with Crippen molar-refractivity contribution < 1.29 is 29.0 Å². The third-order valence-corrected chi connectivity index (χ3v) is 10.7. The molecule has 0 unspecified atom stereocenters. The minimum atomic E-state index is -1.91. The molecular weight excluding hydrogens is 623 g/mol. The standard InChI is InChI=1S/C29H25BrCl2N2O6/c1-40-21-11-16(7-10-20(21)35)23-17-8-9-18-22(25(37)33(24(18)36)13-15-5-3-2-4-6-15)19(17)12-28(31)26(38)34(14-30)27(39)29(23,28)32/h2-8,10-11,18-19,22-23,35H,9,12-14H2,1H3/t18-,19+,22-,23-,28+,29-/m0/s1. The van der Waals surface area contributed by atoms with Crippen LogP contribution >= 0.6 is 39.1 Å². The van der Waals surface area contributed by atoms with Crippen LogP contribution in [0.5, 0.6) is 11.5 Å². The van der Waals surface area contributed by atoms with Crippen LogP contribution < -0.4 is 4.74 Å². The molecule has 0 radical (unpaired) electrons. The molecule has 40 heavy (non-hydrogen) atoms. The van der Waals surface area contributed by atoms with Gasteiger partial charge in [-0.1, -0.05) is 64.0 Å². The molecule has 1 saturated carbocycles. The number of phenols is 1. The Morgan fingerprint density at radius 3 is 2.40 bits per heavy atom. The Morgan fingerprint density at radius 1 is 1.00 bits per heavy atom. The molecular formula is C29H25BrCl2N2O6. The lowest BCUT2D eigenvalue weighted by molar-refractivity contribution is -0.141. The monoisotopic (exact) mass is 646 g/mol. The molecule has 2 saturated heterocycles. The number of hydrogen-bond acceptors (Lipinski definition) is 6. The number of rotatable bonds is 5. The molecule has 2 aromatic carbocycles. The van der Waals surface area contributed by atoms with E-state index in [9.17, 15) is 24.3 Å². The molecule has 2 aliphatic heterocycles. The largest absolute Gasteiger partial charge is 0.504 e. The van der Waals surface area contributed by atoms with Crippen LogP contribution in [0.1, 0.15) is 29.9 Å². The van der Waals surface area contributed by atoms with Gasteiger partial charge in [0, 0.05) is 5.92 Å². The number of halogens is 3. The first-order chi connectivity index (χ1) is 19.1. The predicted octanol–water partition coefficient (Wildman–Crippen LogP) is 4.31. The molecule has 4 aliphatic rings. The number of fused-ring (bicyclic) bond motifs is 4. The molecule has 208 valence electrons. The van der Waals surface area contributed by atoms with E-state index in [1.807, 2.05) is 36.4 Å². The van der Waals surface area contributed by atoms with Gasteiger partial charge in [-0.2, -0.15) is 0 Å². The summed E-state index contributed by atoms with van der Waals surface area (Å²) in [4.78, 5) is 53.4. The average Bonchev–Trinajstić information content (AvgIpc) is 3.27. The maximum Gasteiger partial charge on any atom is 0.254 e. The number of aromatic hydroxyl groups is 1. The van der Waals surface area contributed by atoms with Gasteiger partial charge in [-0.25, -0.2) is 0 Å². The van der Waals surface area contributed by atoms with Crippen molar-refractivity contribution in [1.29, 1.82) is 0 Å². The number of imide groups is 2. The number of carbonyl (C=O) groups excluding carboxylic acids is 4. The van der Waals surface area contributed by atoms with Crippen LogP contribution in [0.25, 0.3) is 0 Å². The van der Waals surface area contributed by atoms with Crippen molar-refractivity contribution in [2.24, 2.45) is 17.8 Å². The van der Waals surface area contributed by atoms with Crippen molar-refractivity contribution in [2.75, 3.05) is 12.6 Å². The molecule has 6 rings (SSSR count). The molecule has 4 amide bonds. The van der Waals surface area contributed by atoms with E-state index < -0.39 is 45.2 Å². The average molecular weight is 648 g/mol. The molecule has 6 atom stereocenters. The van der Waals surface area contributed by atoms with Gasteiger partial charge < -0.3 is 9.84 Å². The van der Waals surface area contributed by atoms with E-state index in [1.165, 1.54) is 18.1 Å². The second-order valence-corrected chi connectivity index (χ2v) is 12.4. The topological polar surface area (TPSA) is 104 Å². The van der Waals surface area contributed by atoms with Crippen molar-refractivity contribution in [3.8, 4) is 11.5 Å². The molecule has 0 spiro atoms. The second kappa shape index (κ2) is 9.60. The number of benzene rings is 2. The van der Waals surface area contributed by atoms with Crippen molar-refractivity contribution in [1.82, 2.24) is 9.80 Å². The van der Waals surface area contributed by atoms with E-state index in [4.69, 9.17) is 27.9 Å². The fourth-order valence-corrected chi connectivity index (χ4v) is 8.41. The van der Waals surface area contributed by atoms with Crippen LogP contribution in [0.15, 0.2) is 60.2 Å². The SMILES string of the molecule is COc1cc([C@H]2C3=CC[C@@H]4C(=O)N(Cc5ccccc5)C(=O)[C@@H]4[C@@H]3C[C@@]3(Cl)C(=O)N(CBr)C(=O)[C@@]23Cl)ccc1O. The van der Waals surface area contributed by atoms with Crippen molar-refractivity contribution in [3.05, 3.63) is 71.3 Å². The van der Waals surface area contributed by atoms with Crippen LogP contribution in [0.3, 0.4) is 0 Å². The van der Waals surface area contributed by atoms with Crippen LogP contribution in [-0.4, -0.2) is 60.8 Å². The van der Waals surface area contributed by atoms with Crippen molar-refractivity contribution in [3.63, 3.8) is 0 Å². The normalized spacial score (nSPS) is 33.0. The van der Waals surface area contributed by atoms with Gasteiger partial charge in [0.15, 0.2) is 21.2 Å². The fourth-order valence-electron chi connectivity index (χ4n) is 6.99. The number of likely N-dealkylation sites (tertiary alicyclic amines) is 2. The number of ether oxygens (including phenoxy) is 1. The van der Waals surface area contributed by atoms with Gasteiger partial charge in [0.2, 0.25) is 11.8 Å². The molecule has 3 fully saturated rings. The first-order valence-corrected chi connectivity index (χ1v) is 14.7. The predicted molar refractivity (Wildman–Crippen MR) is 150 cm³/mol. The summed E-state index contributed by atoms with van der Waals surface area (Å²) in [5.41, 5.74) is 1.91. The van der Waals surface area contributed by atoms with Crippen LogP contribution in [0.2, 0.25) is 0 Å². The first kappa shape index (κ1) is 27.3. The Balaban J connectivity index is 1.49. The lowest BCUT2D eigenvalue weighted by atomic mass is 9.56. The summed E-state index contributed by atoms with van der Waals surface area (Å²) >= 11 is 17.6. The van der Waals surface area contributed by atoms with Crippen LogP contribution in [0.4, 0.5) is 0 Å². The quantitative estimate of drug-likeness (QED) is 0.225. The molecule has 11 heteroatoms. The minimum absolute atomic E-state index is 0.0803. The summed E-state index contributed by atoms with van der Waals surface area (Å²) in [6, 6.07) is 13.9. The molecule has 2 aromatic rings. The zero-order valence-electron chi connectivity index (χ0n) is 21.4. The number of methoxy groups -OCH3 is 1. The highest BCUT2D eigenvalue weighted by atomic mass is 79.9. The summed E-state index contributed by atoms with van der Waals surface area (Å²) < 4.78 is 5.32. The molecule has 2 aliphatic carbocycles. The summed E-state index contributed by atoms with van der Waals surface area (Å²) in [5.74, 6) is -4.74. The highest BCUT2D eigenvalue weighted by Crippen LogP contribution is 2.65. The van der Waals surface area contributed by atoms with Crippen molar-refractivity contribution >= 4 is 62.8 Å². The van der Waals surface area contributed by atoms with E-state index in [0.29, 0.717) is 11.1 Å². The minimum Gasteiger partial charge on any atom is -0.504 e. The molecule has 8 nitrogen and oxygen atoms in total. The van der Waals surface area contributed by atoms with Gasteiger partial charge >= 0.3 is 0 Å². The van der Waals surface area contributed by atoms with E-state index >= 15 is 0 Å². The summed E-state index contributed by atoms with van der Waals surface area (Å²) in [5, 5.41) is 10.3. The number of carbonyl (C=O) groups is 4. The number of nitrogens with zero attached hydrogens (tertiary/aromatic N) is 2. The maximum atomic E-state index is 13.9. The van der Waals surface area contributed by atoms with E-state index in [2.05, 4.69) is 15.9 Å². The third kappa shape index (κ3) is 3.56. The Hall–Kier alpha value is -2.88. The number of phenolic OH excluding ortho intramolecular Hbond substituents is 1. The summed E-state index contributed by atoms with van der Waals surface area (Å²) in [7, 11) is 1.40. The fraction of sp³-hybridized carbons (Fsp3) is 0.379. The van der Waals surface area contributed by atoms with Gasteiger partial charge in [-0.3, -0.25) is 29.0 Å². The summed E-state index contributed by atoms with van der Waals surface area (Å²) in [6.45, 7) is 0.145. The van der Waals surface area contributed by atoms with Gasteiger partial charge in [0.25, 0.3) is 11.8 Å². The van der Waals surface area contributed by atoms with Gasteiger partial charge in [-0.15, -0.1) is 23.2 Å². The Morgan fingerprint density at radius 2 is 1.73 bits per heavy atom.